The number of pyridine rings is 1. The van der Waals surface area contributed by atoms with E-state index in [1.54, 1.807) is 0 Å². The topological polar surface area (TPSA) is 179 Å². The monoisotopic (exact) mass is 990 g/mol. The fourth-order valence-corrected chi connectivity index (χ4v) is 9.50. The van der Waals surface area contributed by atoms with E-state index in [-0.39, 0.29) is 44.0 Å². The van der Waals surface area contributed by atoms with Crippen molar-refractivity contribution in [2.75, 3.05) is 43.5 Å². The van der Waals surface area contributed by atoms with Gasteiger partial charge in [0.2, 0.25) is 0 Å². The highest BCUT2D eigenvalue weighted by atomic mass is 31.2. The van der Waals surface area contributed by atoms with E-state index in [1.807, 2.05) is 26.0 Å². The Morgan fingerprint density at radius 3 is 1.38 bits per heavy atom. The van der Waals surface area contributed by atoms with Crippen LogP contribution in [0.2, 0.25) is 0 Å². The molecule has 69 heavy (non-hydrogen) atoms. The number of phosphoric acid groups is 1. The van der Waals surface area contributed by atoms with Gasteiger partial charge in [0, 0.05) is 37.3 Å². The van der Waals surface area contributed by atoms with Gasteiger partial charge in [-0.3, -0.25) is 33.2 Å². The second-order valence-corrected chi connectivity index (χ2v) is 20.9. The number of hydrogen-bond donors (Lipinski definition) is 3. The van der Waals surface area contributed by atoms with Crippen molar-refractivity contribution in [3.63, 3.8) is 0 Å². The van der Waals surface area contributed by atoms with E-state index in [0.29, 0.717) is 19.4 Å². The molecule has 0 aliphatic rings. The second kappa shape index (κ2) is 40.5. The molecule has 13 nitrogen and oxygen atoms in total. The Labute approximate surface area is 417 Å². The normalized spacial score (nSPS) is 12.8. The number of aromatic nitrogens is 1. The average molecular weight is 990 g/mol. The van der Waals surface area contributed by atoms with Crippen molar-refractivity contribution in [3.8, 4) is 0 Å². The van der Waals surface area contributed by atoms with Gasteiger partial charge in [0.1, 0.15) is 18.0 Å². The number of esters is 2. The fourth-order valence-electron chi connectivity index (χ4n) is 8.75. The van der Waals surface area contributed by atoms with Crippen molar-refractivity contribution in [3.05, 3.63) is 49.5 Å². The molecule has 14 heteroatoms. The standard InChI is InChI=1S/C55H96N3O10P/c1-5-7-9-11-13-15-17-19-21-23-25-27-29-31-33-37-50(59)65-44-49(68-51(60)38-34-32-30-28-26-24-22-20-18-16-14-12-10-8-6-2)45-67-69(63,64)66-41-40-57-53-52(54(61)55(53)62)56-39-35-36-48-42-46(3)58-47(4)43-48/h42-43,49,56-57H,5-41,44-45H2,1-4H3,(H,63,64)/t49-/m1/s1. The lowest BCUT2D eigenvalue weighted by Crippen LogP contribution is -2.38. The molecule has 0 saturated heterocycles. The highest BCUT2D eigenvalue weighted by molar-refractivity contribution is 7.47. The molecule has 0 saturated carbocycles. The summed E-state index contributed by atoms with van der Waals surface area (Å²) in [6.45, 7) is 7.64. The van der Waals surface area contributed by atoms with Crippen LogP contribution in [0.15, 0.2) is 21.7 Å². The van der Waals surface area contributed by atoms with Gasteiger partial charge in [-0.2, -0.15) is 0 Å². The lowest BCUT2D eigenvalue weighted by atomic mass is 10.0. The first-order chi connectivity index (χ1) is 33.5. The van der Waals surface area contributed by atoms with E-state index < -0.39 is 43.3 Å². The van der Waals surface area contributed by atoms with Crippen molar-refractivity contribution in [2.24, 2.45) is 0 Å². The Kier molecular flexibility index (Phi) is 36.4. The first-order valence-corrected chi connectivity index (χ1v) is 29.2. The molecule has 1 unspecified atom stereocenters. The molecule has 1 aromatic carbocycles. The van der Waals surface area contributed by atoms with Gasteiger partial charge >= 0.3 is 19.8 Å². The molecule has 1 aromatic heterocycles. The van der Waals surface area contributed by atoms with Crippen LogP contribution in [0, 0.1) is 13.8 Å². The van der Waals surface area contributed by atoms with Crippen molar-refractivity contribution in [2.45, 2.75) is 252 Å². The molecule has 396 valence electrons. The van der Waals surface area contributed by atoms with Crippen molar-refractivity contribution < 1.29 is 37.6 Å². The van der Waals surface area contributed by atoms with Gasteiger partial charge in [0.15, 0.2) is 6.10 Å². The number of unbranched alkanes of at least 4 members (excludes halogenated alkanes) is 28. The molecule has 0 bridgehead atoms. The van der Waals surface area contributed by atoms with Crippen molar-refractivity contribution >= 4 is 31.1 Å². The molecule has 0 fully saturated rings. The predicted molar refractivity (Wildman–Crippen MR) is 282 cm³/mol. The fraction of sp³-hybridized carbons (Fsp3) is 0.800. The number of aryl methyl sites for hydroxylation is 3. The Morgan fingerprint density at radius 1 is 0.551 bits per heavy atom. The smallest absolute Gasteiger partial charge is 0.462 e. The average Bonchev–Trinajstić information content (AvgIpc) is 3.32. The summed E-state index contributed by atoms with van der Waals surface area (Å²) < 4.78 is 34.3. The molecule has 0 aliphatic heterocycles. The summed E-state index contributed by atoms with van der Waals surface area (Å²) in [5.74, 6) is -0.914. The van der Waals surface area contributed by atoms with Gasteiger partial charge < -0.3 is 25.0 Å². The van der Waals surface area contributed by atoms with E-state index in [1.165, 1.54) is 141 Å². The van der Waals surface area contributed by atoms with Crippen molar-refractivity contribution in [1.29, 1.82) is 0 Å². The van der Waals surface area contributed by atoms with Crippen LogP contribution in [0.25, 0.3) is 0 Å². The molecule has 3 N–H and O–H groups in total. The molecule has 1 heterocycles. The summed E-state index contributed by atoms with van der Waals surface area (Å²) in [5.41, 5.74) is 2.00. The van der Waals surface area contributed by atoms with Gasteiger partial charge in [-0.25, -0.2) is 4.57 Å². The second-order valence-electron chi connectivity index (χ2n) is 19.4. The molecule has 2 aromatic rings. The lowest BCUT2D eigenvalue weighted by molar-refractivity contribution is -0.161. The van der Waals surface area contributed by atoms with Crippen LogP contribution in [0.5, 0.6) is 0 Å². The maximum absolute atomic E-state index is 12.9. The van der Waals surface area contributed by atoms with Crippen LogP contribution in [-0.4, -0.2) is 60.8 Å². The lowest BCUT2D eigenvalue weighted by Gasteiger charge is -2.20. The minimum absolute atomic E-state index is 0.0579. The molecule has 0 spiro atoms. The van der Waals surface area contributed by atoms with Gasteiger partial charge in [-0.05, 0) is 57.2 Å². The molecule has 0 aliphatic carbocycles. The third kappa shape index (κ3) is 32.5. The van der Waals surface area contributed by atoms with Gasteiger partial charge in [-0.15, -0.1) is 0 Å². The minimum Gasteiger partial charge on any atom is -0.462 e. The van der Waals surface area contributed by atoms with Crippen LogP contribution < -0.4 is 21.5 Å². The molecule has 2 rings (SSSR count). The first kappa shape index (κ1) is 62.0. The van der Waals surface area contributed by atoms with E-state index in [4.69, 9.17) is 18.5 Å². The van der Waals surface area contributed by atoms with Crippen LogP contribution in [0.4, 0.5) is 11.4 Å². The van der Waals surface area contributed by atoms with E-state index in [0.717, 1.165) is 68.3 Å². The molecular formula is C55H96N3O10P. The zero-order valence-corrected chi connectivity index (χ0v) is 44.7. The molecule has 2 atom stereocenters. The maximum atomic E-state index is 12.9. The molecule has 0 amide bonds. The van der Waals surface area contributed by atoms with E-state index >= 15 is 0 Å². The first-order valence-electron chi connectivity index (χ1n) is 27.7. The highest BCUT2D eigenvalue weighted by Gasteiger charge is 2.27. The number of phosphoric ester groups is 1. The Morgan fingerprint density at radius 2 is 0.942 bits per heavy atom. The Balaban J connectivity index is 1.72. The third-order valence-electron chi connectivity index (χ3n) is 12.8. The van der Waals surface area contributed by atoms with Crippen LogP contribution in [0.3, 0.4) is 0 Å². The number of hydrogen-bond acceptors (Lipinski definition) is 12. The van der Waals surface area contributed by atoms with E-state index in [9.17, 15) is 28.6 Å². The largest absolute Gasteiger partial charge is 0.472 e. The maximum Gasteiger partial charge on any atom is 0.472 e. The zero-order chi connectivity index (χ0) is 50.2. The van der Waals surface area contributed by atoms with Crippen molar-refractivity contribution in [1.82, 2.24) is 4.98 Å². The number of anilines is 2. The van der Waals surface area contributed by atoms with Crippen LogP contribution in [-0.2, 0) is 39.1 Å². The van der Waals surface area contributed by atoms with Gasteiger partial charge in [-0.1, -0.05) is 194 Å². The van der Waals surface area contributed by atoms with Gasteiger partial charge in [0.25, 0.3) is 10.9 Å². The Hall–Kier alpha value is -3.12. The number of rotatable bonds is 48. The zero-order valence-electron chi connectivity index (χ0n) is 43.8. The minimum atomic E-state index is -4.65. The number of carbonyl (C=O) groups excluding carboxylic acids is 2. The summed E-state index contributed by atoms with van der Waals surface area (Å²) in [6, 6.07) is 4.04. The molecular weight excluding hydrogens is 894 g/mol. The quantitative estimate of drug-likeness (QED) is 0.0247. The summed E-state index contributed by atoms with van der Waals surface area (Å²) in [4.78, 5) is 65.0. The summed E-state index contributed by atoms with van der Waals surface area (Å²) >= 11 is 0. The number of nitrogens with zero attached hydrogens (tertiary/aromatic N) is 1. The van der Waals surface area contributed by atoms with E-state index in [2.05, 4.69) is 29.5 Å². The third-order valence-corrected chi connectivity index (χ3v) is 13.8. The number of carbonyl (C=O) groups is 2. The van der Waals surface area contributed by atoms with Crippen LogP contribution in [0.1, 0.15) is 243 Å². The summed E-state index contributed by atoms with van der Waals surface area (Å²) in [7, 11) is -4.65. The van der Waals surface area contributed by atoms with Gasteiger partial charge in [0.05, 0.1) is 13.2 Å². The highest BCUT2D eigenvalue weighted by Crippen LogP contribution is 2.43. The summed E-state index contributed by atoms with van der Waals surface area (Å²) in [6.07, 6.45) is 37.4. The number of ether oxygens (including phenoxy) is 2. The SMILES string of the molecule is CCCCCCCCCCCCCCCCCC(=O)OC[C@H](COP(=O)(O)OCCNc1c(NCCCc2cc(C)nc(C)c2)c(=O)c1=O)OC(=O)CCCCCCCCCCCCCCCCC. The summed E-state index contributed by atoms with van der Waals surface area (Å²) in [5, 5.41) is 5.85. The van der Waals surface area contributed by atoms with Crippen LogP contribution >= 0.6 is 7.82 Å². The Bertz CT molecular complexity index is 1730. The predicted octanol–water partition coefficient (Wildman–Crippen LogP) is 13.9. The number of nitrogens with one attached hydrogen (secondary N) is 2. The molecule has 0 radical (unpaired) electrons.